The number of hydrogen-bond acceptors (Lipinski definition) is 3. The molecule has 0 aliphatic heterocycles. The number of hydrogen-bond donors (Lipinski definition) is 2. The lowest BCUT2D eigenvalue weighted by atomic mass is 9.91. The zero-order valence-electron chi connectivity index (χ0n) is 9.62. The highest BCUT2D eigenvalue weighted by molar-refractivity contribution is 9.10. The van der Waals surface area contributed by atoms with Crippen molar-refractivity contribution in [1.29, 1.82) is 5.26 Å². The van der Waals surface area contributed by atoms with Crippen molar-refractivity contribution in [3.05, 3.63) is 28.2 Å². The van der Waals surface area contributed by atoms with Gasteiger partial charge in [-0.2, -0.15) is 5.26 Å². The summed E-state index contributed by atoms with van der Waals surface area (Å²) in [5.41, 5.74) is 7.48. The fraction of sp³-hybridized carbons (Fsp3) is 0.462. The molecule has 1 aliphatic rings. The van der Waals surface area contributed by atoms with Crippen LogP contribution in [0.1, 0.15) is 31.2 Å². The molecule has 1 aliphatic carbocycles. The molecule has 0 aromatic heterocycles. The van der Waals surface area contributed by atoms with Gasteiger partial charge in [-0.15, -0.1) is 0 Å². The SMILES string of the molecule is N#Cc1c(Br)cccc1NC1CCC(N)CC1. The van der Waals surface area contributed by atoms with Crippen molar-refractivity contribution >= 4 is 21.6 Å². The molecule has 2 rings (SSSR count). The molecule has 1 aromatic rings. The lowest BCUT2D eigenvalue weighted by Gasteiger charge is -2.28. The molecule has 4 heteroatoms. The predicted molar refractivity (Wildman–Crippen MR) is 72.7 cm³/mol. The molecular formula is C13H16BrN3. The van der Waals surface area contributed by atoms with Crippen LogP contribution in [0.25, 0.3) is 0 Å². The van der Waals surface area contributed by atoms with Crippen LogP contribution in [0.15, 0.2) is 22.7 Å². The van der Waals surface area contributed by atoms with Crippen LogP contribution in [-0.2, 0) is 0 Å². The van der Waals surface area contributed by atoms with E-state index in [1.54, 1.807) is 0 Å². The van der Waals surface area contributed by atoms with E-state index in [4.69, 9.17) is 11.0 Å². The molecule has 0 radical (unpaired) electrons. The molecule has 17 heavy (non-hydrogen) atoms. The monoisotopic (exact) mass is 293 g/mol. The van der Waals surface area contributed by atoms with E-state index < -0.39 is 0 Å². The maximum absolute atomic E-state index is 9.13. The Hall–Kier alpha value is -1.05. The van der Waals surface area contributed by atoms with Crippen molar-refractivity contribution in [1.82, 2.24) is 0 Å². The fourth-order valence-electron chi connectivity index (χ4n) is 2.24. The second-order valence-electron chi connectivity index (χ2n) is 4.53. The summed E-state index contributed by atoms with van der Waals surface area (Å²) in [7, 11) is 0. The van der Waals surface area contributed by atoms with Crippen molar-refractivity contribution in [2.24, 2.45) is 5.73 Å². The Morgan fingerprint density at radius 3 is 2.65 bits per heavy atom. The number of nitrogens with one attached hydrogen (secondary N) is 1. The normalized spacial score (nSPS) is 24.1. The van der Waals surface area contributed by atoms with Gasteiger partial charge in [0.1, 0.15) is 6.07 Å². The molecule has 0 unspecified atom stereocenters. The van der Waals surface area contributed by atoms with Crippen molar-refractivity contribution in [3.8, 4) is 6.07 Å². The summed E-state index contributed by atoms with van der Waals surface area (Å²) >= 11 is 3.40. The van der Waals surface area contributed by atoms with Crippen LogP contribution in [0.3, 0.4) is 0 Å². The molecule has 0 amide bonds. The quantitative estimate of drug-likeness (QED) is 0.881. The van der Waals surface area contributed by atoms with Crippen LogP contribution in [0.4, 0.5) is 5.69 Å². The highest BCUT2D eigenvalue weighted by Gasteiger charge is 2.19. The van der Waals surface area contributed by atoms with Crippen LogP contribution < -0.4 is 11.1 Å². The molecule has 1 fully saturated rings. The predicted octanol–water partition coefficient (Wildman–Crippen LogP) is 3.00. The van der Waals surface area contributed by atoms with E-state index in [0.29, 0.717) is 17.6 Å². The van der Waals surface area contributed by atoms with Gasteiger partial charge in [-0.05, 0) is 53.7 Å². The van der Waals surface area contributed by atoms with Crippen molar-refractivity contribution < 1.29 is 0 Å². The topological polar surface area (TPSA) is 61.8 Å². The fourth-order valence-corrected chi connectivity index (χ4v) is 2.70. The standard InChI is InChI=1S/C13H16BrN3/c14-12-2-1-3-13(11(12)8-15)17-10-6-4-9(16)5-7-10/h1-3,9-10,17H,4-7,16H2. The summed E-state index contributed by atoms with van der Waals surface area (Å²) in [6.07, 6.45) is 4.29. The number of nitriles is 1. The van der Waals surface area contributed by atoms with Gasteiger partial charge in [0.15, 0.2) is 0 Å². The van der Waals surface area contributed by atoms with Gasteiger partial charge >= 0.3 is 0 Å². The van der Waals surface area contributed by atoms with Gasteiger partial charge in [-0.1, -0.05) is 6.07 Å². The maximum Gasteiger partial charge on any atom is 0.103 e. The average Bonchev–Trinajstić information content (AvgIpc) is 2.32. The van der Waals surface area contributed by atoms with E-state index in [0.717, 1.165) is 35.8 Å². The second kappa shape index (κ2) is 5.52. The van der Waals surface area contributed by atoms with E-state index in [1.807, 2.05) is 18.2 Å². The minimum atomic E-state index is 0.353. The number of anilines is 1. The van der Waals surface area contributed by atoms with E-state index in [2.05, 4.69) is 27.3 Å². The Labute approximate surface area is 110 Å². The minimum absolute atomic E-state index is 0.353. The average molecular weight is 294 g/mol. The first-order chi connectivity index (χ1) is 8.20. The van der Waals surface area contributed by atoms with Crippen LogP contribution >= 0.6 is 15.9 Å². The lowest BCUT2D eigenvalue weighted by molar-refractivity contribution is 0.411. The number of benzene rings is 1. The van der Waals surface area contributed by atoms with Crippen LogP contribution in [0.5, 0.6) is 0 Å². The van der Waals surface area contributed by atoms with Gasteiger partial charge < -0.3 is 11.1 Å². The van der Waals surface area contributed by atoms with Crippen LogP contribution in [-0.4, -0.2) is 12.1 Å². The second-order valence-corrected chi connectivity index (χ2v) is 5.38. The van der Waals surface area contributed by atoms with E-state index in [9.17, 15) is 0 Å². The molecule has 0 saturated heterocycles. The summed E-state index contributed by atoms with van der Waals surface area (Å²) in [5, 5.41) is 12.6. The summed E-state index contributed by atoms with van der Waals surface area (Å²) in [5.74, 6) is 0. The third-order valence-corrected chi connectivity index (χ3v) is 3.92. The van der Waals surface area contributed by atoms with Gasteiger partial charge in [-0.3, -0.25) is 0 Å². The first-order valence-electron chi connectivity index (χ1n) is 5.91. The number of nitrogens with two attached hydrogens (primary N) is 1. The van der Waals surface area contributed by atoms with Crippen molar-refractivity contribution in [2.45, 2.75) is 37.8 Å². The molecule has 90 valence electrons. The van der Waals surface area contributed by atoms with Crippen LogP contribution in [0.2, 0.25) is 0 Å². The Balaban J connectivity index is 2.09. The van der Waals surface area contributed by atoms with E-state index in [1.165, 1.54) is 0 Å². The highest BCUT2D eigenvalue weighted by atomic mass is 79.9. The lowest BCUT2D eigenvalue weighted by Crippen LogP contribution is -2.32. The summed E-state index contributed by atoms with van der Waals surface area (Å²) in [6, 6.07) is 8.81. The molecule has 3 nitrogen and oxygen atoms in total. The van der Waals surface area contributed by atoms with Gasteiger partial charge in [0.05, 0.1) is 11.3 Å². The van der Waals surface area contributed by atoms with E-state index in [-0.39, 0.29) is 0 Å². The third-order valence-electron chi connectivity index (χ3n) is 3.26. The smallest absolute Gasteiger partial charge is 0.103 e. The zero-order chi connectivity index (χ0) is 12.3. The van der Waals surface area contributed by atoms with E-state index >= 15 is 0 Å². The summed E-state index contributed by atoms with van der Waals surface area (Å²) < 4.78 is 0.845. The molecule has 0 spiro atoms. The van der Waals surface area contributed by atoms with Gasteiger partial charge in [0, 0.05) is 16.6 Å². The first kappa shape index (κ1) is 12.4. The molecule has 0 bridgehead atoms. The zero-order valence-corrected chi connectivity index (χ0v) is 11.2. The number of rotatable bonds is 2. The minimum Gasteiger partial charge on any atom is -0.381 e. The van der Waals surface area contributed by atoms with Gasteiger partial charge in [-0.25, -0.2) is 0 Å². The van der Waals surface area contributed by atoms with Crippen molar-refractivity contribution in [2.75, 3.05) is 5.32 Å². The molecule has 1 saturated carbocycles. The van der Waals surface area contributed by atoms with Gasteiger partial charge in [0.2, 0.25) is 0 Å². The molecule has 0 atom stereocenters. The number of halogens is 1. The Morgan fingerprint density at radius 2 is 2.00 bits per heavy atom. The molecule has 0 heterocycles. The molecular weight excluding hydrogens is 278 g/mol. The molecule has 1 aromatic carbocycles. The Bertz CT molecular complexity index is 431. The van der Waals surface area contributed by atoms with Gasteiger partial charge in [0.25, 0.3) is 0 Å². The Morgan fingerprint density at radius 1 is 1.29 bits per heavy atom. The van der Waals surface area contributed by atoms with Crippen LogP contribution in [0, 0.1) is 11.3 Å². The van der Waals surface area contributed by atoms with Crippen molar-refractivity contribution in [3.63, 3.8) is 0 Å². The largest absolute Gasteiger partial charge is 0.381 e. The highest BCUT2D eigenvalue weighted by Crippen LogP contribution is 2.27. The molecule has 3 N–H and O–H groups in total. The third kappa shape index (κ3) is 2.99. The maximum atomic E-state index is 9.13. The summed E-state index contributed by atoms with van der Waals surface area (Å²) in [6.45, 7) is 0. The summed E-state index contributed by atoms with van der Waals surface area (Å²) in [4.78, 5) is 0. The first-order valence-corrected chi connectivity index (χ1v) is 6.70. The Kier molecular flexibility index (Phi) is 4.03. The number of nitrogens with zero attached hydrogens (tertiary/aromatic N) is 1.